The molecule has 0 aliphatic carbocycles. The smallest absolute Gasteiger partial charge is 0.438 e. The summed E-state index contributed by atoms with van der Waals surface area (Å²) in [6, 6.07) is 9.72. The van der Waals surface area contributed by atoms with Gasteiger partial charge in [0.05, 0.1) is 18.4 Å². The topological polar surface area (TPSA) is 59.0 Å². The Balaban J connectivity index is 2.36. The third kappa shape index (κ3) is 4.74. The van der Waals surface area contributed by atoms with Crippen LogP contribution in [0.2, 0.25) is 0 Å². The van der Waals surface area contributed by atoms with Crippen LogP contribution in [-0.2, 0) is 24.2 Å². The van der Waals surface area contributed by atoms with Crippen LogP contribution >= 0.6 is 0 Å². The van der Waals surface area contributed by atoms with Gasteiger partial charge in [-0.2, -0.15) is 5.06 Å². The van der Waals surface area contributed by atoms with Crippen molar-refractivity contribution in [2.75, 3.05) is 12.2 Å². The minimum Gasteiger partial charge on any atom is -0.488 e. The van der Waals surface area contributed by atoms with Gasteiger partial charge in [0.15, 0.2) is 0 Å². The third-order valence-electron chi connectivity index (χ3n) is 4.29. The van der Waals surface area contributed by atoms with Gasteiger partial charge in [0.25, 0.3) is 6.43 Å². The van der Waals surface area contributed by atoms with E-state index >= 15 is 0 Å². The second-order valence-electron chi connectivity index (χ2n) is 5.87. The lowest BCUT2D eigenvalue weighted by Crippen LogP contribution is -2.28. The first-order valence-electron chi connectivity index (χ1n) is 8.64. The molecule has 27 heavy (non-hydrogen) atoms. The highest BCUT2D eigenvalue weighted by molar-refractivity contribution is 5.86. The molecule has 1 amide bonds. The fourth-order valence-electron chi connectivity index (χ4n) is 2.77. The molecule has 0 saturated carbocycles. The van der Waals surface area contributed by atoms with E-state index in [9.17, 15) is 18.8 Å². The largest absolute Gasteiger partial charge is 0.488 e. The molecule has 146 valence electrons. The molecule has 0 radical (unpaired) electrons. The first-order valence-corrected chi connectivity index (χ1v) is 8.64. The molecule has 0 fully saturated rings. The molecule has 2 rings (SSSR count). The molecule has 0 spiro atoms. The molecule has 0 saturated heterocycles. The Morgan fingerprint density at radius 3 is 2.52 bits per heavy atom. The second-order valence-corrected chi connectivity index (χ2v) is 5.87. The summed E-state index contributed by atoms with van der Waals surface area (Å²) in [6.07, 6.45) is -2.37. The van der Waals surface area contributed by atoms with E-state index in [4.69, 9.17) is 4.74 Å². The maximum Gasteiger partial charge on any atom is 0.438 e. The molecule has 0 aromatic heterocycles. The normalized spacial score (nSPS) is 10.8. The summed E-state index contributed by atoms with van der Waals surface area (Å²) in [6.45, 7) is 3.71. The Labute approximate surface area is 157 Å². The van der Waals surface area contributed by atoms with Gasteiger partial charge in [0.2, 0.25) is 0 Å². The molecule has 2 aromatic carbocycles. The zero-order valence-electron chi connectivity index (χ0n) is 15.5. The van der Waals surface area contributed by atoms with Crippen molar-refractivity contribution < 1.29 is 28.3 Å². The molecule has 0 heterocycles. The number of alkyl halides is 2. The van der Waals surface area contributed by atoms with E-state index in [0.717, 1.165) is 18.2 Å². The molecule has 0 aliphatic rings. The maximum atomic E-state index is 13.4. The predicted octanol–water partition coefficient (Wildman–Crippen LogP) is 5.29. The molecule has 1 N–H and O–H groups in total. The number of hydrogen-bond acceptors (Lipinski definition) is 4. The van der Waals surface area contributed by atoms with Gasteiger partial charge in [-0.3, -0.25) is 5.21 Å². The summed E-state index contributed by atoms with van der Waals surface area (Å²) in [5.41, 5.74) is 2.13. The number of halogens is 2. The molecular weight excluding hydrogens is 356 g/mol. The van der Waals surface area contributed by atoms with E-state index in [1.807, 2.05) is 19.9 Å². The summed E-state index contributed by atoms with van der Waals surface area (Å²) in [5, 5.41) is 10.5. The number of hydrogen-bond donors (Lipinski definition) is 1. The standard InChI is InChI=1S/C20H23F2NO4/c1-4-13-9-10-18(15(11-13)19(21)22)27-12-16-14(5-2)7-6-8-17(16)23(25)20(24)26-3/h6-11,19,25H,4-5,12H2,1-3H3. The fraction of sp³-hybridized carbons (Fsp3) is 0.350. The maximum absolute atomic E-state index is 13.4. The lowest BCUT2D eigenvalue weighted by molar-refractivity contribution is 0.140. The molecule has 0 bridgehead atoms. The lowest BCUT2D eigenvalue weighted by Gasteiger charge is -2.20. The highest BCUT2D eigenvalue weighted by atomic mass is 19.3. The average Bonchev–Trinajstić information content (AvgIpc) is 2.70. The van der Waals surface area contributed by atoms with Crippen LogP contribution in [0, 0.1) is 0 Å². The van der Waals surface area contributed by atoms with Gasteiger partial charge in [-0.05, 0) is 42.2 Å². The number of methoxy groups -OCH3 is 1. The van der Waals surface area contributed by atoms with Gasteiger partial charge in [-0.1, -0.05) is 32.0 Å². The van der Waals surface area contributed by atoms with Crippen LogP contribution < -0.4 is 9.80 Å². The Hall–Kier alpha value is -2.67. The Morgan fingerprint density at radius 1 is 1.19 bits per heavy atom. The van der Waals surface area contributed by atoms with E-state index in [1.54, 1.807) is 12.1 Å². The first-order chi connectivity index (χ1) is 12.9. The quantitative estimate of drug-likeness (QED) is 0.525. The number of anilines is 1. The molecule has 0 aliphatic heterocycles. The molecule has 5 nitrogen and oxygen atoms in total. The zero-order chi connectivity index (χ0) is 20.0. The van der Waals surface area contributed by atoms with Crippen LogP contribution in [0.25, 0.3) is 0 Å². The number of hydroxylamine groups is 1. The molecular formula is C20H23F2NO4. The summed E-state index contributed by atoms with van der Waals surface area (Å²) < 4.78 is 37.0. The van der Waals surface area contributed by atoms with E-state index in [0.29, 0.717) is 23.5 Å². The molecule has 0 unspecified atom stereocenters. The van der Waals surface area contributed by atoms with Crippen molar-refractivity contribution in [2.45, 2.75) is 39.7 Å². The van der Waals surface area contributed by atoms with Gasteiger partial charge in [-0.25, -0.2) is 13.6 Å². The Morgan fingerprint density at radius 2 is 1.93 bits per heavy atom. The van der Waals surface area contributed by atoms with Crippen LogP contribution in [0.5, 0.6) is 5.75 Å². The van der Waals surface area contributed by atoms with Crippen LogP contribution in [0.15, 0.2) is 36.4 Å². The summed E-state index contributed by atoms with van der Waals surface area (Å²) >= 11 is 0. The van der Waals surface area contributed by atoms with E-state index in [-0.39, 0.29) is 23.6 Å². The van der Waals surface area contributed by atoms with Crippen molar-refractivity contribution in [1.82, 2.24) is 0 Å². The monoisotopic (exact) mass is 379 g/mol. The molecule has 7 heteroatoms. The Bertz CT molecular complexity index is 796. The fourth-order valence-corrected chi connectivity index (χ4v) is 2.77. The predicted molar refractivity (Wildman–Crippen MR) is 97.6 cm³/mol. The van der Waals surface area contributed by atoms with Crippen molar-refractivity contribution in [3.8, 4) is 5.75 Å². The lowest BCUT2D eigenvalue weighted by atomic mass is 10.0. The second kappa shape index (κ2) is 9.32. The van der Waals surface area contributed by atoms with E-state index in [2.05, 4.69) is 4.74 Å². The number of carbonyl (C=O) groups excluding carboxylic acids is 1. The van der Waals surface area contributed by atoms with Crippen molar-refractivity contribution in [3.63, 3.8) is 0 Å². The minimum atomic E-state index is -2.67. The highest BCUT2D eigenvalue weighted by Crippen LogP contribution is 2.32. The van der Waals surface area contributed by atoms with Crippen molar-refractivity contribution in [1.29, 1.82) is 0 Å². The SMILES string of the molecule is CCc1ccc(OCc2c(CC)cccc2N(O)C(=O)OC)c(C(F)F)c1. The van der Waals surface area contributed by atoms with Crippen molar-refractivity contribution in [2.24, 2.45) is 0 Å². The van der Waals surface area contributed by atoms with Gasteiger partial charge < -0.3 is 9.47 Å². The average molecular weight is 379 g/mol. The first kappa shape index (κ1) is 20.6. The molecule has 0 atom stereocenters. The van der Waals surface area contributed by atoms with Crippen LogP contribution in [-0.4, -0.2) is 18.4 Å². The third-order valence-corrected chi connectivity index (χ3v) is 4.29. The summed E-state index contributed by atoms with van der Waals surface area (Å²) in [4.78, 5) is 11.7. The van der Waals surface area contributed by atoms with E-state index in [1.165, 1.54) is 18.2 Å². The Kier molecular flexibility index (Phi) is 7.12. The van der Waals surface area contributed by atoms with Crippen LogP contribution in [0.3, 0.4) is 0 Å². The van der Waals surface area contributed by atoms with Gasteiger partial charge in [0, 0.05) is 5.56 Å². The van der Waals surface area contributed by atoms with Gasteiger partial charge >= 0.3 is 6.09 Å². The summed E-state index contributed by atoms with van der Waals surface area (Å²) in [7, 11) is 1.15. The van der Waals surface area contributed by atoms with Gasteiger partial charge in [-0.15, -0.1) is 0 Å². The number of rotatable bonds is 7. The number of carbonyl (C=O) groups is 1. The number of aryl methyl sites for hydroxylation is 2. The van der Waals surface area contributed by atoms with Crippen molar-refractivity contribution >= 4 is 11.8 Å². The number of benzene rings is 2. The minimum absolute atomic E-state index is 0.0709. The number of amides is 1. The number of ether oxygens (including phenoxy) is 2. The highest BCUT2D eigenvalue weighted by Gasteiger charge is 2.21. The zero-order valence-corrected chi connectivity index (χ0v) is 15.5. The van der Waals surface area contributed by atoms with Crippen LogP contribution in [0.1, 0.15) is 42.5 Å². The van der Waals surface area contributed by atoms with Gasteiger partial charge in [0.1, 0.15) is 12.4 Å². The molecule has 2 aromatic rings. The van der Waals surface area contributed by atoms with Crippen LogP contribution in [0.4, 0.5) is 19.3 Å². The number of nitrogens with zero attached hydrogens (tertiary/aromatic N) is 1. The summed E-state index contributed by atoms with van der Waals surface area (Å²) in [5.74, 6) is 0.0709. The van der Waals surface area contributed by atoms with Crippen molar-refractivity contribution in [3.05, 3.63) is 58.7 Å². The van der Waals surface area contributed by atoms with E-state index < -0.39 is 12.5 Å².